The molecule has 0 unspecified atom stereocenters. The van der Waals surface area contributed by atoms with Gasteiger partial charge in [-0.05, 0) is 24.6 Å². The molecule has 0 saturated carbocycles. The number of benzene rings is 2. The van der Waals surface area contributed by atoms with Gasteiger partial charge in [-0.25, -0.2) is 4.68 Å². The van der Waals surface area contributed by atoms with Crippen molar-refractivity contribution in [1.82, 2.24) is 15.0 Å². The van der Waals surface area contributed by atoms with Crippen molar-refractivity contribution in [3.05, 3.63) is 70.4 Å². The van der Waals surface area contributed by atoms with E-state index in [-0.39, 0.29) is 0 Å². The number of hydrogen-bond donors (Lipinski definition) is 0. The minimum atomic E-state index is 0.300. The number of halogens is 1. The number of hydrogen-bond acceptors (Lipinski definition) is 3. The first-order valence-electron chi connectivity index (χ1n) is 6.82. The third-order valence-electron chi connectivity index (χ3n) is 3.39. The zero-order valence-electron chi connectivity index (χ0n) is 12.0. The smallest absolute Gasteiger partial charge is 0.190 e. The van der Waals surface area contributed by atoms with Gasteiger partial charge < -0.3 is 0 Å². The molecule has 22 heavy (non-hydrogen) atoms. The summed E-state index contributed by atoms with van der Waals surface area (Å²) in [5, 5.41) is 18.0. The van der Waals surface area contributed by atoms with Gasteiger partial charge in [0.2, 0.25) is 0 Å². The second-order valence-corrected chi connectivity index (χ2v) is 5.49. The summed E-state index contributed by atoms with van der Waals surface area (Å²) in [6, 6.07) is 17.6. The number of rotatable bonds is 3. The summed E-state index contributed by atoms with van der Waals surface area (Å²) in [6.07, 6.45) is 0. The van der Waals surface area contributed by atoms with Gasteiger partial charge in [-0.15, -0.1) is 5.10 Å². The van der Waals surface area contributed by atoms with Gasteiger partial charge in [-0.3, -0.25) is 0 Å². The van der Waals surface area contributed by atoms with Gasteiger partial charge >= 0.3 is 0 Å². The van der Waals surface area contributed by atoms with Gasteiger partial charge in [0.15, 0.2) is 5.69 Å². The van der Waals surface area contributed by atoms with Crippen LogP contribution in [-0.2, 0) is 6.54 Å². The van der Waals surface area contributed by atoms with Crippen molar-refractivity contribution < 1.29 is 0 Å². The highest BCUT2D eigenvalue weighted by molar-refractivity contribution is 6.30. The van der Waals surface area contributed by atoms with E-state index in [0.717, 1.165) is 11.1 Å². The molecule has 0 aliphatic rings. The van der Waals surface area contributed by atoms with Gasteiger partial charge in [0, 0.05) is 10.6 Å². The van der Waals surface area contributed by atoms with Crippen LogP contribution < -0.4 is 0 Å². The molecule has 108 valence electrons. The van der Waals surface area contributed by atoms with E-state index in [2.05, 4.69) is 28.5 Å². The molecule has 0 aliphatic heterocycles. The molecule has 4 nitrogen and oxygen atoms in total. The Morgan fingerprint density at radius 3 is 2.64 bits per heavy atom. The first-order valence-corrected chi connectivity index (χ1v) is 7.20. The topological polar surface area (TPSA) is 54.5 Å². The summed E-state index contributed by atoms with van der Waals surface area (Å²) < 4.78 is 1.73. The molecule has 0 atom stereocenters. The zero-order chi connectivity index (χ0) is 15.5. The van der Waals surface area contributed by atoms with Gasteiger partial charge in [0.25, 0.3) is 0 Å². The molecule has 1 aromatic heterocycles. The summed E-state index contributed by atoms with van der Waals surface area (Å²) in [5.41, 5.74) is 4.12. The van der Waals surface area contributed by atoms with Crippen molar-refractivity contribution in [2.75, 3.05) is 0 Å². The summed E-state index contributed by atoms with van der Waals surface area (Å²) in [5.74, 6) is 0. The minimum absolute atomic E-state index is 0.300. The SMILES string of the molecule is Cc1ccc(Cn2nnc(C#N)c2-c2cccc(Cl)c2)cc1. The lowest BCUT2D eigenvalue weighted by Gasteiger charge is -2.07. The molecule has 0 saturated heterocycles. The first-order chi connectivity index (χ1) is 10.7. The molecule has 2 aromatic carbocycles. The average Bonchev–Trinajstić information content (AvgIpc) is 2.92. The Bertz CT molecular complexity index is 844. The number of nitrogens with zero attached hydrogens (tertiary/aromatic N) is 4. The number of aryl methyl sites for hydroxylation is 1. The first kappa shape index (κ1) is 14.3. The molecular weight excluding hydrogens is 296 g/mol. The molecule has 0 fully saturated rings. The van der Waals surface area contributed by atoms with Crippen LogP contribution >= 0.6 is 11.6 Å². The summed E-state index contributed by atoms with van der Waals surface area (Å²) in [6.45, 7) is 2.60. The molecular formula is C17H13ClN4. The molecule has 0 radical (unpaired) electrons. The minimum Gasteiger partial charge on any atom is -0.239 e. The quantitative estimate of drug-likeness (QED) is 0.739. The number of aromatic nitrogens is 3. The second-order valence-electron chi connectivity index (χ2n) is 5.05. The lowest BCUT2D eigenvalue weighted by Crippen LogP contribution is -2.04. The third-order valence-corrected chi connectivity index (χ3v) is 3.63. The van der Waals surface area contributed by atoms with Crippen molar-refractivity contribution in [1.29, 1.82) is 5.26 Å². The van der Waals surface area contributed by atoms with Crippen LogP contribution in [0.15, 0.2) is 48.5 Å². The summed E-state index contributed by atoms with van der Waals surface area (Å²) >= 11 is 6.05. The van der Waals surface area contributed by atoms with Gasteiger partial charge in [-0.1, -0.05) is 58.8 Å². The van der Waals surface area contributed by atoms with Crippen LogP contribution in [0.5, 0.6) is 0 Å². The zero-order valence-corrected chi connectivity index (χ0v) is 12.7. The molecule has 0 bridgehead atoms. The molecule has 0 spiro atoms. The maximum atomic E-state index is 9.27. The lowest BCUT2D eigenvalue weighted by atomic mass is 10.1. The van der Waals surface area contributed by atoms with Crippen molar-refractivity contribution in [3.63, 3.8) is 0 Å². The van der Waals surface area contributed by atoms with E-state index in [1.165, 1.54) is 5.56 Å². The van der Waals surface area contributed by atoms with E-state index in [4.69, 9.17) is 11.6 Å². The van der Waals surface area contributed by atoms with Crippen LogP contribution in [0.1, 0.15) is 16.8 Å². The Hall–Kier alpha value is -2.64. The molecule has 5 heteroatoms. The van der Waals surface area contributed by atoms with Gasteiger partial charge in [-0.2, -0.15) is 5.26 Å². The van der Waals surface area contributed by atoms with Crippen LogP contribution in [0.25, 0.3) is 11.3 Å². The largest absolute Gasteiger partial charge is 0.239 e. The van der Waals surface area contributed by atoms with E-state index < -0.39 is 0 Å². The van der Waals surface area contributed by atoms with Crippen LogP contribution in [0.4, 0.5) is 0 Å². The van der Waals surface area contributed by atoms with Crippen LogP contribution in [0.2, 0.25) is 5.02 Å². The normalized spacial score (nSPS) is 10.4. The average molecular weight is 309 g/mol. The fraction of sp³-hybridized carbons (Fsp3) is 0.118. The van der Waals surface area contributed by atoms with Crippen LogP contribution in [0, 0.1) is 18.3 Å². The fourth-order valence-corrected chi connectivity index (χ4v) is 2.48. The van der Waals surface area contributed by atoms with E-state index in [9.17, 15) is 5.26 Å². The van der Waals surface area contributed by atoms with Crippen LogP contribution in [-0.4, -0.2) is 15.0 Å². The highest BCUT2D eigenvalue weighted by Gasteiger charge is 2.15. The molecule has 0 aliphatic carbocycles. The second kappa shape index (κ2) is 6.00. The summed E-state index contributed by atoms with van der Waals surface area (Å²) in [7, 11) is 0. The third kappa shape index (κ3) is 2.85. The van der Waals surface area contributed by atoms with E-state index in [1.807, 2.05) is 37.3 Å². The molecule has 3 rings (SSSR count). The Morgan fingerprint density at radius 1 is 1.18 bits per heavy atom. The highest BCUT2D eigenvalue weighted by atomic mass is 35.5. The molecule has 0 amide bonds. The lowest BCUT2D eigenvalue weighted by molar-refractivity contribution is 0.655. The molecule has 3 aromatic rings. The Morgan fingerprint density at radius 2 is 1.95 bits per heavy atom. The van der Waals surface area contributed by atoms with E-state index in [1.54, 1.807) is 10.7 Å². The fourth-order valence-electron chi connectivity index (χ4n) is 2.29. The maximum absolute atomic E-state index is 9.27. The maximum Gasteiger partial charge on any atom is 0.190 e. The molecule has 0 N–H and O–H groups in total. The Labute approximate surface area is 133 Å². The predicted octanol–water partition coefficient (Wildman–Crippen LogP) is 3.83. The van der Waals surface area contributed by atoms with Gasteiger partial charge in [0.1, 0.15) is 11.8 Å². The Balaban J connectivity index is 2.04. The highest BCUT2D eigenvalue weighted by Crippen LogP contribution is 2.25. The predicted molar refractivity (Wildman–Crippen MR) is 85.5 cm³/mol. The van der Waals surface area contributed by atoms with E-state index >= 15 is 0 Å². The standard InChI is InChI=1S/C17H13ClN4/c1-12-5-7-13(8-6-12)11-22-17(16(10-19)20-21-22)14-3-2-4-15(18)9-14/h2-9H,11H2,1H3. The van der Waals surface area contributed by atoms with Crippen molar-refractivity contribution in [2.45, 2.75) is 13.5 Å². The van der Waals surface area contributed by atoms with Gasteiger partial charge in [0.05, 0.1) is 6.54 Å². The monoisotopic (exact) mass is 308 g/mol. The summed E-state index contributed by atoms with van der Waals surface area (Å²) in [4.78, 5) is 0. The molecule has 1 heterocycles. The van der Waals surface area contributed by atoms with Crippen molar-refractivity contribution >= 4 is 11.6 Å². The van der Waals surface area contributed by atoms with Crippen molar-refractivity contribution in [3.8, 4) is 17.3 Å². The number of nitriles is 1. The van der Waals surface area contributed by atoms with Crippen molar-refractivity contribution in [2.24, 2.45) is 0 Å². The van der Waals surface area contributed by atoms with E-state index in [0.29, 0.717) is 23.0 Å². The Kier molecular flexibility index (Phi) is 3.90. The van der Waals surface area contributed by atoms with Crippen LogP contribution in [0.3, 0.4) is 0 Å².